The molecule has 0 spiro atoms. The van der Waals surface area contributed by atoms with Gasteiger partial charge in [0.15, 0.2) is 0 Å². The van der Waals surface area contributed by atoms with Crippen molar-refractivity contribution in [1.29, 1.82) is 0 Å². The highest BCUT2D eigenvalue weighted by Crippen LogP contribution is 2.28. The number of carbonyl (C=O) groups excluding carboxylic acids is 2. The molecule has 0 unspecified atom stereocenters. The van der Waals surface area contributed by atoms with Gasteiger partial charge in [-0.25, -0.2) is 4.79 Å². The number of nitrogens with one attached hydrogen (secondary N) is 1. The lowest BCUT2D eigenvalue weighted by Crippen LogP contribution is -2.18. The van der Waals surface area contributed by atoms with Gasteiger partial charge in [-0.05, 0) is 67.8 Å². The third-order valence-electron chi connectivity index (χ3n) is 4.88. The Hall–Kier alpha value is -3.08. The van der Waals surface area contributed by atoms with Crippen molar-refractivity contribution in [3.8, 4) is 0 Å². The van der Waals surface area contributed by atoms with Crippen LogP contribution in [0.5, 0.6) is 0 Å². The lowest BCUT2D eigenvalue weighted by atomic mass is 10.1. The van der Waals surface area contributed by atoms with Gasteiger partial charge >= 0.3 is 5.97 Å². The Labute approximate surface area is 158 Å². The Balaban J connectivity index is 1.95. The summed E-state index contributed by atoms with van der Waals surface area (Å²) in [6.45, 7) is 6.86. The van der Waals surface area contributed by atoms with E-state index >= 15 is 0 Å². The molecule has 0 bridgehead atoms. The minimum atomic E-state index is -0.401. The van der Waals surface area contributed by atoms with Crippen LogP contribution < -0.4 is 5.32 Å². The molecule has 0 fully saturated rings. The molecule has 0 saturated carbocycles. The third kappa shape index (κ3) is 3.45. The molecule has 5 heteroatoms. The van der Waals surface area contributed by atoms with Crippen LogP contribution in [0.4, 0.5) is 5.69 Å². The van der Waals surface area contributed by atoms with Crippen LogP contribution in [0.1, 0.15) is 45.8 Å². The molecule has 0 saturated heterocycles. The second-order valence-corrected chi connectivity index (χ2v) is 6.45. The van der Waals surface area contributed by atoms with Crippen molar-refractivity contribution in [2.24, 2.45) is 0 Å². The fourth-order valence-electron chi connectivity index (χ4n) is 3.41. The molecular formula is C22H24N2O3. The number of benzene rings is 2. The second-order valence-electron chi connectivity index (χ2n) is 6.45. The number of methoxy groups -OCH3 is 1. The number of rotatable bonds is 5. The van der Waals surface area contributed by atoms with Gasteiger partial charge in [-0.15, -0.1) is 0 Å². The van der Waals surface area contributed by atoms with E-state index in [9.17, 15) is 9.59 Å². The summed E-state index contributed by atoms with van der Waals surface area (Å²) in [5, 5.41) is 4.05. The molecule has 0 atom stereocenters. The van der Waals surface area contributed by atoms with Crippen LogP contribution in [0.15, 0.2) is 42.5 Å². The van der Waals surface area contributed by atoms with E-state index in [-0.39, 0.29) is 5.91 Å². The van der Waals surface area contributed by atoms with E-state index in [1.807, 2.05) is 18.4 Å². The summed E-state index contributed by atoms with van der Waals surface area (Å²) in [6, 6.07) is 13.0. The van der Waals surface area contributed by atoms with Crippen molar-refractivity contribution in [3.05, 3.63) is 64.8 Å². The summed E-state index contributed by atoms with van der Waals surface area (Å²) in [7, 11) is 1.34. The molecule has 140 valence electrons. The van der Waals surface area contributed by atoms with E-state index < -0.39 is 5.97 Å². The van der Waals surface area contributed by atoms with Crippen LogP contribution in [0.2, 0.25) is 0 Å². The first kappa shape index (κ1) is 18.7. The van der Waals surface area contributed by atoms with Crippen molar-refractivity contribution in [2.75, 3.05) is 12.4 Å². The number of hydrogen-bond donors (Lipinski definition) is 1. The summed E-state index contributed by atoms with van der Waals surface area (Å²) in [5.41, 5.74) is 5.04. The minimum absolute atomic E-state index is 0.158. The van der Waals surface area contributed by atoms with Gasteiger partial charge in [0.1, 0.15) is 5.69 Å². The van der Waals surface area contributed by atoms with E-state index in [1.54, 1.807) is 24.3 Å². The maximum absolute atomic E-state index is 13.0. The summed E-state index contributed by atoms with van der Waals surface area (Å²) < 4.78 is 6.74. The van der Waals surface area contributed by atoms with Crippen LogP contribution in [-0.4, -0.2) is 23.6 Å². The molecule has 1 heterocycles. The lowest BCUT2D eigenvalue weighted by molar-refractivity contribution is 0.0600. The molecule has 0 aliphatic rings. The van der Waals surface area contributed by atoms with Gasteiger partial charge in [0.2, 0.25) is 0 Å². The van der Waals surface area contributed by atoms with Gasteiger partial charge in [0, 0.05) is 23.1 Å². The monoisotopic (exact) mass is 364 g/mol. The van der Waals surface area contributed by atoms with Gasteiger partial charge in [-0.2, -0.15) is 0 Å². The number of nitrogens with zero attached hydrogens (tertiary/aromatic N) is 1. The summed E-state index contributed by atoms with van der Waals surface area (Å²) in [6.07, 6.45) is 0.959. The number of anilines is 1. The van der Waals surface area contributed by atoms with E-state index in [0.717, 1.165) is 22.9 Å². The zero-order valence-electron chi connectivity index (χ0n) is 16.1. The number of fused-ring (bicyclic) bond motifs is 1. The van der Waals surface area contributed by atoms with E-state index in [1.165, 1.54) is 12.7 Å². The number of aryl methyl sites for hydroxylation is 3. The highest BCUT2D eigenvalue weighted by Gasteiger charge is 2.20. The van der Waals surface area contributed by atoms with Crippen molar-refractivity contribution >= 4 is 28.5 Å². The molecule has 3 rings (SSSR count). The average Bonchev–Trinajstić information content (AvgIpc) is 2.99. The Morgan fingerprint density at radius 3 is 2.37 bits per heavy atom. The molecule has 1 N–H and O–H groups in total. The molecule has 5 nitrogen and oxygen atoms in total. The fourth-order valence-corrected chi connectivity index (χ4v) is 3.41. The average molecular weight is 364 g/mol. The largest absolute Gasteiger partial charge is 0.465 e. The number of amides is 1. The zero-order valence-corrected chi connectivity index (χ0v) is 16.1. The predicted molar refractivity (Wildman–Crippen MR) is 107 cm³/mol. The van der Waals surface area contributed by atoms with Crippen LogP contribution >= 0.6 is 0 Å². The Morgan fingerprint density at radius 2 is 1.78 bits per heavy atom. The van der Waals surface area contributed by atoms with Crippen molar-refractivity contribution < 1.29 is 14.3 Å². The van der Waals surface area contributed by atoms with Gasteiger partial charge in [-0.3, -0.25) is 4.79 Å². The SMILES string of the molecule is CCc1ccc2c(c1)c(C)c(C(=O)Nc1ccc(C(=O)OC)cc1)n2CC. The quantitative estimate of drug-likeness (QED) is 0.675. The lowest BCUT2D eigenvalue weighted by Gasteiger charge is -2.10. The molecule has 1 amide bonds. The highest BCUT2D eigenvalue weighted by molar-refractivity contribution is 6.08. The van der Waals surface area contributed by atoms with E-state index in [2.05, 4.69) is 30.4 Å². The molecule has 27 heavy (non-hydrogen) atoms. The number of ether oxygens (including phenoxy) is 1. The number of aromatic nitrogens is 1. The Morgan fingerprint density at radius 1 is 1.07 bits per heavy atom. The predicted octanol–water partition coefficient (Wildman–Crippen LogP) is 4.57. The molecule has 1 aromatic heterocycles. The summed E-state index contributed by atoms with van der Waals surface area (Å²) in [5.74, 6) is -0.559. The Kier molecular flexibility index (Phi) is 5.31. The van der Waals surface area contributed by atoms with Crippen molar-refractivity contribution in [3.63, 3.8) is 0 Å². The number of hydrogen-bond acceptors (Lipinski definition) is 3. The minimum Gasteiger partial charge on any atom is -0.465 e. The molecule has 3 aromatic rings. The maximum Gasteiger partial charge on any atom is 0.337 e. The van der Waals surface area contributed by atoms with Crippen molar-refractivity contribution in [1.82, 2.24) is 4.57 Å². The standard InChI is InChI=1S/C22H24N2O3/c1-5-15-7-12-19-18(13-15)14(3)20(24(19)6-2)21(25)23-17-10-8-16(9-11-17)22(26)27-4/h7-13H,5-6H2,1-4H3,(H,23,25). The highest BCUT2D eigenvalue weighted by atomic mass is 16.5. The van der Waals surface area contributed by atoms with Gasteiger partial charge in [0.05, 0.1) is 12.7 Å². The topological polar surface area (TPSA) is 60.3 Å². The first-order chi connectivity index (χ1) is 13.0. The molecule has 2 aromatic carbocycles. The van der Waals surface area contributed by atoms with Gasteiger partial charge in [0.25, 0.3) is 5.91 Å². The first-order valence-electron chi connectivity index (χ1n) is 9.11. The van der Waals surface area contributed by atoms with Crippen molar-refractivity contribution in [2.45, 2.75) is 33.7 Å². The smallest absolute Gasteiger partial charge is 0.337 e. The summed E-state index contributed by atoms with van der Waals surface area (Å²) >= 11 is 0. The second kappa shape index (κ2) is 7.66. The van der Waals surface area contributed by atoms with Gasteiger partial charge in [-0.1, -0.05) is 13.0 Å². The zero-order chi connectivity index (χ0) is 19.6. The maximum atomic E-state index is 13.0. The van der Waals surface area contributed by atoms with Crippen LogP contribution in [0, 0.1) is 6.92 Å². The fraction of sp³-hybridized carbons (Fsp3) is 0.273. The van der Waals surface area contributed by atoms with E-state index in [0.29, 0.717) is 23.5 Å². The summed E-state index contributed by atoms with van der Waals surface area (Å²) in [4.78, 5) is 24.5. The van der Waals surface area contributed by atoms with Crippen LogP contribution in [-0.2, 0) is 17.7 Å². The van der Waals surface area contributed by atoms with E-state index in [4.69, 9.17) is 4.74 Å². The van der Waals surface area contributed by atoms with Crippen LogP contribution in [0.25, 0.3) is 10.9 Å². The van der Waals surface area contributed by atoms with Gasteiger partial charge < -0.3 is 14.6 Å². The third-order valence-corrected chi connectivity index (χ3v) is 4.88. The molecule has 0 radical (unpaired) electrons. The van der Waals surface area contributed by atoms with Crippen LogP contribution in [0.3, 0.4) is 0 Å². The normalized spacial score (nSPS) is 10.8. The molecule has 0 aliphatic carbocycles. The number of carbonyl (C=O) groups is 2. The molecule has 0 aliphatic heterocycles. The first-order valence-corrected chi connectivity index (χ1v) is 9.11. The number of esters is 1. The molecular weight excluding hydrogens is 340 g/mol. The Bertz CT molecular complexity index is 1000.